The molecule has 2 aromatic rings. The third-order valence-corrected chi connectivity index (χ3v) is 4.78. The Labute approximate surface area is 138 Å². The van der Waals surface area contributed by atoms with Crippen LogP contribution >= 0.6 is 11.6 Å². The van der Waals surface area contributed by atoms with Crippen molar-refractivity contribution in [3.8, 4) is 0 Å². The molecule has 23 heavy (non-hydrogen) atoms. The lowest BCUT2D eigenvalue weighted by molar-refractivity contribution is 0.0783. The molecular weight excluding hydrogens is 319 g/mol. The first kappa shape index (κ1) is 14.6. The molecule has 0 N–H and O–H groups in total. The van der Waals surface area contributed by atoms with Gasteiger partial charge in [0.15, 0.2) is 0 Å². The minimum Gasteiger partial charge on any atom is -0.336 e. The monoisotopic (exact) mass is 334 g/mol. The molecule has 0 bridgehead atoms. The Bertz CT molecular complexity index is 758. The number of amides is 1. The second kappa shape index (κ2) is 5.60. The van der Waals surface area contributed by atoms with Crippen LogP contribution in [0.2, 0.25) is 5.02 Å². The number of nitrogens with zero attached hydrogens (tertiary/aromatic N) is 4. The maximum atomic E-state index is 13.9. The summed E-state index contributed by atoms with van der Waals surface area (Å²) in [6.07, 6.45) is 4.88. The molecule has 1 aromatic heterocycles. The number of aromatic nitrogens is 3. The molecule has 1 unspecified atom stereocenters. The summed E-state index contributed by atoms with van der Waals surface area (Å²) >= 11 is 5.88. The van der Waals surface area contributed by atoms with E-state index in [1.54, 1.807) is 11.2 Å². The highest BCUT2D eigenvalue weighted by molar-refractivity contribution is 6.31. The van der Waals surface area contributed by atoms with Crippen molar-refractivity contribution in [1.82, 2.24) is 19.7 Å². The van der Waals surface area contributed by atoms with Crippen LogP contribution in [-0.4, -0.2) is 38.7 Å². The number of hydrogen-bond donors (Lipinski definition) is 0. The molecule has 120 valence electrons. The van der Waals surface area contributed by atoms with E-state index < -0.39 is 5.82 Å². The van der Waals surface area contributed by atoms with Crippen LogP contribution in [0.15, 0.2) is 24.5 Å². The van der Waals surface area contributed by atoms with E-state index in [2.05, 4.69) is 14.8 Å². The van der Waals surface area contributed by atoms with Gasteiger partial charge in [-0.05, 0) is 37.5 Å². The van der Waals surface area contributed by atoms with Gasteiger partial charge in [-0.2, -0.15) is 0 Å². The van der Waals surface area contributed by atoms with E-state index in [1.165, 1.54) is 18.2 Å². The van der Waals surface area contributed by atoms with Crippen LogP contribution in [0.5, 0.6) is 0 Å². The summed E-state index contributed by atoms with van der Waals surface area (Å²) in [5.74, 6) is 0.672. The van der Waals surface area contributed by atoms with Gasteiger partial charge in [0.25, 0.3) is 5.91 Å². The highest BCUT2D eigenvalue weighted by Gasteiger charge is 2.34. The fraction of sp³-hybridized carbons (Fsp3) is 0.438. The van der Waals surface area contributed by atoms with Gasteiger partial charge in [-0.3, -0.25) is 4.79 Å². The maximum absolute atomic E-state index is 13.9. The standard InChI is InChI=1S/C16H16ClFN4O/c17-11-3-4-14(18)13(7-11)16(23)21-6-5-12(8-21)22-9-19-20-15(22)10-1-2-10/h3-4,7,9-10,12H,1-2,5-6,8H2. The second-order valence-corrected chi connectivity index (χ2v) is 6.62. The number of likely N-dealkylation sites (tertiary alicyclic amines) is 1. The van der Waals surface area contributed by atoms with E-state index in [0.717, 1.165) is 25.1 Å². The van der Waals surface area contributed by atoms with E-state index in [0.29, 0.717) is 24.0 Å². The fourth-order valence-corrected chi connectivity index (χ4v) is 3.32. The van der Waals surface area contributed by atoms with Crippen LogP contribution < -0.4 is 0 Å². The number of hydrogen-bond acceptors (Lipinski definition) is 3. The first-order chi connectivity index (χ1) is 11.1. The van der Waals surface area contributed by atoms with Gasteiger partial charge in [0.05, 0.1) is 11.6 Å². The number of carbonyl (C=O) groups is 1. The van der Waals surface area contributed by atoms with Crippen molar-refractivity contribution in [2.24, 2.45) is 0 Å². The fourth-order valence-electron chi connectivity index (χ4n) is 3.15. The smallest absolute Gasteiger partial charge is 0.256 e. The minimum absolute atomic E-state index is 0.0318. The Morgan fingerprint density at radius 3 is 2.91 bits per heavy atom. The van der Waals surface area contributed by atoms with Crippen molar-refractivity contribution < 1.29 is 9.18 Å². The van der Waals surface area contributed by atoms with Crippen molar-refractivity contribution in [3.05, 3.63) is 46.8 Å². The zero-order valence-electron chi connectivity index (χ0n) is 12.5. The summed E-state index contributed by atoms with van der Waals surface area (Å²) in [5.41, 5.74) is 0.0318. The summed E-state index contributed by atoms with van der Waals surface area (Å²) in [6, 6.07) is 4.22. The van der Waals surface area contributed by atoms with Crippen molar-refractivity contribution in [1.29, 1.82) is 0 Å². The van der Waals surface area contributed by atoms with E-state index in [1.807, 2.05) is 0 Å². The zero-order chi connectivity index (χ0) is 16.0. The Hall–Kier alpha value is -1.95. The van der Waals surface area contributed by atoms with Crippen molar-refractivity contribution in [2.45, 2.75) is 31.2 Å². The van der Waals surface area contributed by atoms with Gasteiger partial charge in [-0.15, -0.1) is 10.2 Å². The van der Waals surface area contributed by atoms with E-state index in [9.17, 15) is 9.18 Å². The highest BCUT2D eigenvalue weighted by Crippen LogP contribution is 2.40. The topological polar surface area (TPSA) is 51.0 Å². The molecular formula is C16H16ClFN4O. The van der Waals surface area contributed by atoms with Crippen LogP contribution in [0.3, 0.4) is 0 Å². The van der Waals surface area contributed by atoms with Gasteiger partial charge >= 0.3 is 0 Å². The van der Waals surface area contributed by atoms with Gasteiger partial charge in [0, 0.05) is 24.0 Å². The van der Waals surface area contributed by atoms with Crippen molar-refractivity contribution >= 4 is 17.5 Å². The lowest BCUT2D eigenvalue weighted by atomic mass is 10.2. The number of rotatable bonds is 3. The second-order valence-electron chi connectivity index (χ2n) is 6.19. The highest BCUT2D eigenvalue weighted by atomic mass is 35.5. The lowest BCUT2D eigenvalue weighted by Gasteiger charge is -2.18. The predicted molar refractivity (Wildman–Crippen MR) is 83.0 cm³/mol. The lowest BCUT2D eigenvalue weighted by Crippen LogP contribution is -2.30. The molecule has 5 nitrogen and oxygen atoms in total. The van der Waals surface area contributed by atoms with Crippen molar-refractivity contribution in [3.63, 3.8) is 0 Å². The Morgan fingerprint density at radius 2 is 2.13 bits per heavy atom. The first-order valence-electron chi connectivity index (χ1n) is 7.77. The van der Waals surface area contributed by atoms with E-state index in [-0.39, 0.29) is 17.5 Å². The third kappa shape index (κ3) is 2.72. The number of benzene rings is 1. The van der Waals surface area contributed by atoms with Gasteiger partial charge < -0.3 is 9.47 Å². The molecule has 2 aliphatic rings. The summed E-state index contributed by atoms with van der Waals surface area (Å²) in [5, 5.41) is 8.58. The molecule has 4 rings (SSSR count). The third-order valence-electron chi connectivity index (χ3n) is 4.55. The predicted octanol–water partition coefficient (Wildman–Crippen LogP) is 3.04. The maximum Gasteiger partial charge on any atom is 0.256 e. The van der Waals surface area contributed by atoms with Crippen LogP contribution in [0, 0.1) is 5.82 Å². The SMILES string of the molecule is O=C(c1cc(Cl)ccc1F)N1CCC(n2cnnc2C2CC2)C1. The van der Waals surface area contributed by atoms with Crippen LogP contribution in [0.4, 0.5) is 4.39 Å². The molecule has 1 saturated heterocycles. The van der Waals surface area contributed by atoms with Gasteiger partial charge in [-0.25, -0.2) is 4.39 Å². The van der Waals surface area contributed by atoms with Gasteiger partial charge in [0.2, 0.25) is 0 Å². The Morgan fingerprint density at radius 1 is 1.30 bits per heavy atom. The molecule has 0 radical (unpaired) electrons. The molecule has 1 atom stereocenters. The molecule has 2 fully saturated rings. The van der Waals surface area contributed by atoms with E-state index >= 15 is 0 Å². The first-order valence-corrected chi connectivity index (χ1v) is 8.15. The minimum atomic E-state index is -0.536. The summed E-state index contributed by atoms with van der Waals surface area (Å²) < 4.78 is 16.0. The average Bonchev–Trinajstić information content (AvgIpc) is 3.08. The molecule has 1 amide bonds. The summed E-state index contributed by atoms with van der Waals surface area (Å²) in [6.45, 7) is 1.14. The largest absolute Gasteiger partial charge is 0.336 e. The quantitative estimate of drug-likeness (QED) is 0.867. The molecule has 2 heterocycles. The molecule has 0 spiro atoms. The Balaban J connectivity index is 1.52. The normalized spacial score (nSPS) is 21.0. The van der Waals surface area contributed by atoms with E-state index in [4.69, 9.17) is 11.6 Å². The average molecular weight is 335 g/mol. The van der Waals surface area contributed by atoms with Crippen LogP contribution in [0.25, 0.3) is 0 Å². The molecule has 7 heteroatoms. The van der Waals surface area contributed by atoms with Gasteiger partial charge in [-0.1, -0.05) is 11.6 Å². The van der Waals surface area contributed by atoms with Crippen LogP contribution in [0.1, 0.15) is 47.4 Å². The van der Waals surface area contributed by atoms with Crippen molar-refractivity contribution in [2.75, 3.05) is 13.1 Å². The van der Waals surface area contributed by atoms with Gasteiger partial charge in [0.1, 0.15) is 18.0 Å². The Kier molecular flexibility index (Phi) is 3.56. The summed E-state index contributed by atoms with van der Waals surface area (Å²) in [4.78, 5) is 14.2. The molecule has 1 aliphatic carbocycles. The molecule has 1 aromatic carbocycles. The molecule has 1 saturated carbocycles. The number of halogens is 2. The summed E-state index contributed by atoms with van der Waals surface area (Å²) in [7, 11) is 0. The number of carbonyl (C=O) groups excluding carboxylic acids is 1. The van der Waals surface area contributed by atoms with Crippen LogP contribution in [-0.2, 0) is 0 Å². The molecule has 1 aliphatic heterocycles. The zero-order valence-corrected chi connectivity index (χ0v) is 13.2.